The summed E-state index contributed by atoms with van der Waals surface area (Å²) in [5, 5.41) is 2.33. The summed E-state index contributed by atoms with van der Waals surface area (Å²) in [5.74, 6) is 1.87. The largest absolute Gasteiger partial charge is 0.464 e. The van der Waals surface area contributed by atoms with Crippen LogP contribution in [0.2, 0.25) is 0 Å². The highest BCUT2D eigenvalue weighted by atomic mass is 32.3. The molecule has 0 aromatic carbocycles. The molecule has 4 nitrogen and oxygen atoms in total. The molecular weight excluding hydrogens is 394 g/mol. The molecule has 0 rings (SSSR count). The molecule has 0 aliphatic heterocycles. The predicted molar refractivity (Wildman–Crippen MR) is 134 cm³/mol. The number of ether oxygens (including phenoxy) is 1. The smallest absolute Gasteiger partial charge is 0.325 e. The lowest BCUT2D eigenvalue weighted by Gasteiger charge is -2.30. The predicted octanol–water partition coefficient (Wildman–Crippen LogP) is 6.60. The SMILES string of the molecule is CCCCCCCCCCCCCCCCCCS(C)(C)CCOC(=O)CNC=O. The van der Waals surface area contributed by atoms with Crippen LogP contribution in [0.25, 0.3) is 0 Å². The molecule has 30 heavy (non-hydrogen) atoms. The molecule has 0 aliphatic rings. The van der Waals surface area contributed by atoms with Gasteiger partial charge >= 0.3 is 5.97 Å². The third-order valence-corrected chi connectivity index (χ3v) is 8.44. The first-order valence-electron chi connectivity index (χ1n) is 12.5. The normalized spacial score (nSPS) is 12.0. The highest BCUT2D eigenvalue weighted by Crippen LogP contribution is 2.40. The molecule has 0 saturated heterocycles. The van der Waals surface area contributed by atoms with Crippen LogP contribution in [0.3, 0.4) is 0 Å². The zero-order valence-electron chi connectivity index (χ0n) is 20.4. The second-order valence-corrected chi connectivity index (χ2v) is 13.5. The molecule has 0 saturated carbocycles. The second kappa shape index (κ2) is 21.5. The summed E-state index contributed by atoms with van der Waals surface area (Å²) in [7, 11) is -0.684. The van der Waals surface area contributed by atoms with E-state index in [1.54, 1.807) is 0 Å². The van der Waals surface area contributed by atoms with Crippen LogP contribution < -0.4 is 5.32 Å². The van der Waals surface area contributed by atoms with Gasteiger partial charge in [0.05, 0.1) is 6.61 Å². The highest BCUT2D eigenvalue weighted by Gasteiger charge is 2.12. The second-order valence-electron chi connectivity index (χ2n) is 9.20. The van der Waals surface area contributed by atoms with Gasteiger partial charge in [0.1, 0.15) is 6.54 Å². The summed E-state index contributed by atoms with van der Waals surface area (Å²) in [6, 6.07) is 0. The maximum absolute atomic E-state index is 11.4. The number of carbonyl (C=O) groups excluding carboxylic acids is 2. The minimum atomic E-state index is -0.684. The van der Waals surface area contributed by atoms with Crippen LogP contribution in [0.1, 0.15) is 110 Å². The summed E-state index contributed by atoms with van der Waals surface area (Å²) in [4.78, 5) is 21.5. The van der Waals surface area contributed by atoms with Crippen molar-refractivity contribution in [3.05, 3.63) is 0 Å². The molecule has 0 aromatic heterocycles. The van der Waals surface area contributed by atoms with E-state index >= 15 is 0 Å². The standard InChI is InChI=1S/C25H51NO3S/c1-4-5-6-7-8-9-10-11-12-13-14-15-16-17-18-19-21-30(2,3)22-20-29-25(28)23-26-24-27/h24H,4-23H2,1-3H3,(H,26,27). The van der Waals surface area contributed by atoms with E-state index < -0.39 is 10.0 Å². The Morgan fingerprint density at radius 3 is 1.60 bits per heavy atom. The van der Waals surface area contributed by atoms with Crippen LogP contribution in [0.15, 0.2) is 0 Å². The number of rotatable bonds is 23. The molecule has 180 valence electrons. The fourth-order valence-corrected chi connectivity index (χ4v) is 5.42. The number of hydrogen-bond donors (Lipinski definition) is 1. The van der Waals surface area contributed by atoms with Gasteiger partial charge < -0.3 is 10.1 Å². The third-order valence-electron chi connectivity index (χ3n) is 5.78. The van der Waals surface area contributed by atoms with E-state index in [4.69, 9.17) is 4.74 Å². The van der Waals surface area contributed by atoms with E-state index in [9.17, 15) is 9.59 Å². The van der Waals surface area contributed by atoms with Gasteiger partial charge in [-0.3, -0.25) is 9.59 Å². The van der Waals surface area contributed by atoms with Crippen molar-refractivity contribution in [1.82, 2.24) is 5.32 Å². The van der Waals surface area contributed by atoms with Gasteiger partial charge in [0, 0.05) is 5.75 Å². The molecule has 0 unspecified atom stereocenters. The summed E-state index contributed by atoms with van der Waals surface area (Å²) in [5.41, 5.74) is 0. The van der Waals surface area contributed by atoms with Crippen LogP contribution in [-0.2, 0) is 14.3 Å². The summed E-state index contributed by atoms with van der Waals surface area (Å²) in [6.07, 6.45) is 27.6. The Kier molecular flexibility index (Phi) is 21.0. The van der Waals surface area contributed by atoms with Gasteiger partial charge in [-0.1, -0.05) is 103 Å². The fraction of sp³-hybridized carbons (Fsp3) is 0.920. The van der Waals surface area contributed by atoms with Crippen molar-refractivity contribution >= 4 is 22.4 Å². The Labute approximate surface area is 189 Å². The topological polar surface area (TPSA) is 55.4 Å². The Hall–Kier alpha value is -0.710. The molecular formula is C25H51NO3S. The number of amides is 1. The van der Waals surface area contributed by atoms with Gasteiger partial charge in [0.25, 0.3) is 0 Å². The lowest BCUT2D eigenvalue weighted by Crippen LogP contribution is -2.25. The minimum absolute atomic E-state index is 0.0294. The maximum atomic E-state index is 11.4. The van der Waals surface area contributed by atoms with Crippen molar-refractivity contribution < 1.29 is 14.3 Å². The van der Waals surface area contributed by atoms with Crippen molar-refractivity contribution in [2.45, 2.75) is 110 Å². The number of carbonyl (C=O) groups is 2. The van der Waals surface area contributed by atoms with Crippen LogP contribution in [-0.4, -0.2) is 49.5 Å². The molecule has 0 aromatic rings. The minimum Gasteiger partial charge on any atom is -0.464 e. The van der Waals surface area contributed by atoms with Crippen LogP contribution in [0, 0.1) is 0 Å². The van der Waals surface area contributed by atoms with Crippen LogP contribution >= 0.6 is 10.0 Å². The molecule has 5 heteroatoms. The fourth-order valence-electron chi connectivity index (χ4n) is 3.70. The number of nitrogens with one attached hydrogen (secondary N) is 1. The lowest BCUT2D eigenvalue weighted by molar-refractivity contribution is -0.142. The lowest BCUT2D eigenvalue weighted by atomic mass is 10.0. The van der Waals surface area contributed by atoms with Gasteiger partial charge in [-0.15, -0.1) is 0 Å². The average molecular weight is 446 g/mol. The summed E-state index contributed by atoms with van der Waals surface area (Å²) in [6.45, 7) is 2.73. The van der Waals surface area contributed by atoms with E-state index in [2.05, 4.69) is 24.8 Å². The highest BCUT2D eigenvalue weighted by molar-refractivity contribution is 8.32. The third kappa shape index (κ3) is 22.0. The molecule has 0 aliphatic carbocycles. The van der Waals surface area contributed by atoms with Crippen LogP contribution in [0.4, 0.5) is 0 Å². The van der Waals surface area contributed by atoms with Crippen molar-refractivity contribution in [3.63, 3.8) is 0 Å². The van der Waals surface area contributed by atoms with Crippen molar-refractivity contribution in [2.75, 3.05) is 37.2 Å². The molecule has 0 atom stereocenters. The monoisotopic (exact) mass is 445 g/mol. The first kappa shape index (κ1) is 29.3. The van der Waals surface area contributed by atoms with E-state index in [0.29, 0.717) is 13.0 Å². The van der Waals surface area contributed by atoms with E-state index in [-0.39, 0.29) is 12.5 Å². The number of esters is 1. The van der Waals surface area contributed by atoms with Gasteiger partial charge in [-0.05, 0) is 24.7 Å². The first-order valence-corrected chi connectivity index (χ1v) is 15.3. The maximum Gasteiger partial charge on any atom is 0.325 e. The summed E-state index contributed by atoms with van der Waals surface area (Å²) >= 11 is 0. The molecule has 0 radical (unpaired) electrons. The van der Waals surface area contributed by atoms with E-state index in [1.807, 2.05) is 0 Å². The quantitative estimate of drug-likeness (QED) is 0.109. The molecule has 0 spiro atoms. The number of unbranched alkanes of at least 4 members (excludes halogenated alkanes) is 15. The molecule has 0 fully saturated rings. The Bertz CT molecular complexity index is 402. The number of hydrogen-bond acceptors (Lipinski definition) is 3. The Morgan fingerprint density at radius 1 is 0.733 bits per heavy atom. The zero-order valence-corrected chi connectivity index (χ0v) is 21.2. The zero-order chi connectivity index (χ0) is 22.3. The van der Waals surface area contributed by atoms with Crippen molar-refractivity contribution in [3.8, 4) is 0 Å². The van der Waals surface area contributed by atoms with Crippen LogP contribution in [0.5, 0.6) is 0 Å². The molecule has 1 amide bonds. The molecule has 0 heterocycles. The summed E-state index contributed by atoms with van der Waals surface area (Å²) < 4.78 is 5.17. The van der Waals surface area contributed by atoms with Gasteiger partial charge in [-0.2, -0.15) is 0 Å². The van der Waals surface area contributed by atoms with Gasteiger partial charge in [-0.25, -0.2) is 10.0 Å². The Morgan fingerprint density at radius 2 is 1.17 bits per heavy atom. The Balaban J connectivity index is 3.34. The molecule has 0 bridgehead atoms. The molecule has 1 N–H and O–H groups in total. The van der Waals surface area contributed by atoms with E-state index in [0.717, 1.165) is 5.75 Å². The van der Waals surface area contributed by atoms with Gasteiger partial charge in [0.2, 0.25) is 6.41 Å². The van der Waals surface area contributed by atoms with E-state index in [1.165, 1.54) is 108 Å². The first-order chi connectivity index (χ1) is 14.5. The average Bonchev–Trinajstić information content (AvgIpc) is 2.71. The van der Waals surface area contributed by atoms with Crippen molar-refractivity contribution in [1.29, 1.82) is 0 Å². The van der Waals surface area contributed by atoms with Crippen molar-refractivity contribution in [2.24, 2.45) is 0 Å². The van der Waals surface area contributed by atoms with Gasteiger partial charge in [0.15, 0.2) is 0 Å².